The Morgan fingerprint density at radius 1 is 1.35 bits per heavy atom. The maximum absolute atomic E-state index is 6.03. The van der Waals surface area contributed by atoms with Crippen molar-refractivity contribution in [1.29, 1.82) is 0 Å². The Morgan fingerprint density at radius 3 is 2.71 bits per heavy atom. The zero-order valence-electron chi connectivity index (χ0n) is 10.4. The molecule has 1 atom stereocenters. The Bertz CT molecular complexity index is 531. The summed E-state index contributed by atoms with van der Waals surface area (Å²) in [5, 5.41) is 0.718. The van der Waals surface area contributed by atoms with E-state index >= 15 is 0 Å². The van der Waals surface area contributed by atoms with Gasteiger partial charge in [0.1, 0.15) is 0 Å². The number of aromatic nitrogens is 2. The quantitative estimate of drug-likeness (QED) is 0.900. The normalized spacial score (nSPS) is 13.5. The minimum Gasteiger partial charge on any atom is -0.369 e. The van der Waals surface area contributed by atoms with Crippen LogP contribution in [0, 0.1) is 5.92 Å². The number of hydrogen-bond donors (Lipinski definition) is 1. The fourth-order valence-electron chi connectivity index (χ4n) is 2.34. The van der Waals surface area contributed by atoms with E-state index in [1.165, 1.54) is 0 Å². The van der Waals surface area contributed by atoms with E-state index in [9.17, 15) is 0 Å². The lowest BCUT2D eigenvalue weighted by Gasteiger charge is -2.18. The summed E-state index contributed by atoms with van der Waals surface area (Å²) in [7, 11) is 0. The topological polar surface area (TPSA) is 43.8 Å². The maximum atomic E-state index is 6.03. The van der Waals surface area contributed by atoms with Crippen molar-refractivity contribution in [2.45, 2.75) is 33.2 Å². The van der Waals surface area contributed by atoms with Gasteiger partial charge in [-0.3, -0.25) is 0 Å². The molecule has 2 aromatic rings. The first-order valence-electron chi connectivity index (χ1n) is 5.92. The zero-order valence-corrected chi connectivity index (χ0v) is 11.2. The standard InChI is InChI=1S/C13H18ClN3/c1-8(2)6-9(3)17-12-7-10(14)4-5-11(12)16-13(17)15/h4-5,7-9H,6H2,1-3H3,(H2,15,16). The molecule has 17 heavy (non-hydrogen) atoms. The lowest BCUT2D eigenvalue weighted by atomic mass is 10.1. The Morgan fingerprint density at radius 2 is 2.06 bits per heavy atom. The highest BCUT2D eigenvalue weighted by molar-refractivity contribution is 6.31. The minimum absolute atomic E-state index is 0.332. The summed E-state index contributed by atoms with van der Waals surface area (Å²) >= 11 is 6.03. The number of anilines is 1. The van der Waals surface area contributed by atoms with E-state index in [4.69, 9.17) is 17.3 Å². The summed E-state index contributed by atoms with van der Waals surface area (Å²) in [6.45, 7) is 6.58. The molecule has 0 amide bonds. The van der Waals surface area contributed by atoms with Crippen LogP contribution in [0.5, 0.6) is 0 Å². The molecule has 1 heterocycles. The van der Waals surface area contributed by atoms with Crippen molar-refractivity contribution in [2.24, 2.45) is 5.92 Å². The van der Waals surface area contributed by atoms with Crippen LogP contribution in [-0.4, -0.2) is 9.55 Å². The number of nitrogens with zero attached hydrogens (tertiary/aromatic N) is 2. The summed E-state index contributed by atoms with van der Waals surface area (Å²) in [6, 6.07) is 6.01. The van der Waals surface area contributed by atoms with E-state index in [0.29, 0.717) is 17.9 Å². The number of halogens is 1. The molecule has 0 radical (unpaired) electrons. The molecule has 0 bridgehead atoms. The average molecular weight is 252 g/mol. The van der Waals surface area contributed by atoms with Crippen molar-refractivity contribution in [3.8, 4) is 0 Å². The largest absolute Gasteiger partial charge is 0.369 e. The summed E-state index contributed by atoms with van der Waals surface area (Å²) in [6.07, 6.45) is 1.07. The van der Waals surface area contributed by atoms with Gasteiger partial charge in [-0.15, -0.1) is 0 Å². The first kappa shape index (κ1) is 12.2. The Labute approximate surface area is 107 Å². The van der Waals surface area contributed by atoms with Gasteiger partial charge in [-0.2, -0.15) is 0 Å². The molecule has 92 valence electrons. The van der Waals surface area contributed by atoms with Gasteiger partial charge >= 0.3 is 0 Å². The molecule has 0 saturated heterocycles. The number of nitrogen functional groups attached to an aromatic ring is 1. The van der Waals surface area contributed by atoms with Crippen molar-refractivity contribution in [3.63, 3.8) is 0 Å². The molecule has 0 saturated carbocycles. The molecule has 1 aromatic carbocycles. The zero-order chi connectivity index (χ0) is 12.6. The van der Waals surface area contributed by atoms with Crippen LogP contribution < -0.4 is 5.73 Å². The minimum atomic E-state index is 0.332. The third-order valence-electron chi connectivity index (χ3n) is 2.93. The van der Waals surface area contributed by atoms with Crippen molar-refractivity contribution >= 4 is 28.6 Å². The van der Waals surface area contributed by atoms with E-state index in [0.717, 1.165) is 22.5 Å². The van der Waals surface area contributed by atoms with Gasteiger partial charge in [-0.1, -0.05) is 25.4 Å². The molecule has 0 aliphatic carbocycles. The fraction of sp³-hybridized carbons (Fsp3) is 0.462. The Hall–Kier alpha value is -1.22. The van der Waals surface area contributed by atoms with Crippen molar-refractivity contribution in [2.75, 3.05) is 5.73 Å². The molecule has 1 aromatic heterocycles. The van der Waals surface area contributed by atoms with Crippen molar-refractivity contribution in [3.05, 3.63) is 23.2 Å². The first-order valence-corrected chi connectivity index (χ1v) is 6.29. The highest BCUT2D eigenvalue weighted by atomic mass is 35.5. The Kier molecular flexibility index (Phi) is 3.29. The number of imidazole rings is 1. The van der Waals surface area contributed by atoms with Gasteiger partial charge in [0, 0.05) is 11.1 Å². The van der Waals surface area contributed by atoms with Crippen LogP contribution in [0.25, 0.3) is 11.0 Å². The van der Waals surface area contributed by atoms with Crippen LogP contribution in [-0.2, 0) is 0 Å². The van der Waals surface area contributed by atoms with E-state index in [1.807, 2.05) is 18.2 Å². The van der Waals surface area contributed by atoms with E-state index < -0.39 is 0 Å². The SMILES string of the molecule is CC(C)CC(C)n1c(N)nc2ccc(Cl)cc21. The maximum Gasteiger partial charge on any atom is 0.201 e. The third kappa shape index (κ3) is 2.39. The smallest absolute Gasteiger partial charge is 0.201 e. The van der Waals surface area contributed by atoms with Crippen molar-refractivity contribution in [1.82, 2.24) is 9.55 Å². The molecular formula is C13H18ClN3. The predicted molar refractivity (Wildman–Crippen MR) is 73.3 cm³/mol. The van der Waals surface area contributed by atoms with Crippen LogP contribution >= 0.6 is 11.6 Å². The van der Waals surface area contributed by atoms with Crippen molar-refractivity contribution < 1.29 is 0 Å². The average Bonchev–Trinajstić information content (AvgIpc) is 2.52. The lowest BCUT2D eigenvalue weighted by molar-refractivity contribution is 0.439. The van der Waals surface area contributed by atoms with Crippen LogP contribution in [0.4, 0.5) is 5.95 Å². The van der Waals surface area contributed by atoms with Gasteiger partial charge < -0.3 is 10.3 Å². The van der Waals surface area contributed by atoms with Crippen LogP contribution in [0.15, 0.2) is 18.2 Å². The molecular weight excluding hydrogens is 234 g/mol. The molecule has 3 nitrogen and oxygen atoms in total. The molecule has 0 aliphatic rings. The summed E-state index contributed by atoms with van der Waals surface area (Å²) < 4.78 is 2.07. The summed E-state index contributed by atoms with van der Waals surface area (Å²) in [5.41, 5.74) is 7.91. The number of rotatable bonds is 3. The van der Waals surface area contributed by atoms with E-state index in [1.54, 1.807) is 0 Å². The van der Waals surface area contributed by atoms with Crippen LogP contribution in [0.2, 0.25) is 5.02 Å². The van der Waals surface area contributed by atoms with Gasteiger partial charge in [-0.25, -0.2) is 4.98 Å². The molecule has 0 spiro atoms. The number of benzene rings is 1. The molecule has 4 heteroatoms. The molecule has 2 N–H and O–H groups in total. The van der Waals surface area contributed by atoms with Gasteiger partial charge in [0.15, 0.2) is 0 Å². The predicted octanol–water partition coefficient (Wildman–Crippen LogP) is 3.88. The number of hydrogen-bond acceptors (Lipinski definition) is 2. The number of fused-ring (bicyclic) bond motifs is 1. The summed E-state index contributed by atoms with van der Waals surface area (Å²) in [4.78, 5) is 4.36. The van der Waals surface area contributed by atoms with Gasteiger partial charge in [0.2, 0.25) is 5.95 Å². The second-order valence-corrected chi connectivity index (χ2v) is 5.39. The lowest BCUT2D eigenvalue weighted by Crippen LogP contribution is -2.11. The highest BCUT2D eigenvalue weighted by Gasteiger charge is 2.15. The first-order chi connectivity index (χ1) is 7.99. The van der Waals surface area contributed by atoms with Gasteiger partial charge in [0.05, 0.1) is 11.0 Å². The Balaban J connectivity index is 2.51. The van der Waals surface area contributed by atoms with E-state index in [2.05, 4.69) is 30.3 Å². The van der Waals surface area contributed by atoms with Gasteiger partial charge in [0.25, 0.3) is 0 Å². The molecule has 0 aliphatic heterocycles. The molecule has 1 unspecified atom stereocenters. The van der Waals surface area contributed by atoms with E-state index in [-0.39, 0.29) is 0 Å². The van der Waals surface area contributed by atoms with Crippen LogP contribution in [0.3, 0.4) is 0 Å². The van der Waals surface area contributed by atoms with Gasteiger partial charge in [-0.05, 0) is 37.5 Å². The number of nitrogens with two attached hydrogens (primary N) is 1. The second-order valence-electron chi connectivity index (χ2n) is 4.95. The third-order valence-corrected chi connectivity index (χ3v) is 3.17. The molecule has 0 fully saturated rings. The fourth-order valence-corrected chi connectivity index (χ4v) is 2.50. The molecule has 2 rings (SSSR count). The monoisotopic (exact) mass is 251 g/mol. The summed E-state index contributed by atoms with van der Waals surface area (Å²) in [5.74, 6) is 1.19. The second kappa shape index (κ2) is 4.57. The van der Waals surface area contributed by atoms with Crippen LogP contribution in [0.1, 0.15) is 33.2 Å². The highest BCUT2D eigenvalue weighted by Crippen LogP contribution is 2.28.